The molecule has 1 spiro atoms. The first kappa shape index (κ1) is 18.9. The Kier molecular flexibility index (Phi) is 5.79. The van der Waals surface area contributed by atoms with E-state index < -0.39 is 0 Å². The number of likely N-dealkylation sites (tertiary alicyclic amines) is 1. The molecule has 0 radical (unpaired) electrons. The zero-order valence-electron chi connectivity index (χ0n) is 16.8. The van der Waals surface area contributed by atoms with Gasteiger partial charge in [0, 0.05) is 57.1 Å². The highest BCUT2D eigenvalue weighted by Gasteiger charge is 2.42. The van der Waals surface area contributed by atoms with Gasteiger partial charge in [-0.15, -0.1) is 0 Å². The van der Waals surface area contributed by atoms with Crippen molar-refractivity contribution in [2.45, 2.75) is 50.5 Å². The van der Waals surface area contributed by atoms with E-state index in [-0.39, 0.29) is 5.54 Å². The van der Waals surface area contributed by atoms with Gasteiger partial charge in [0.05, 0.1) is 0 Å². The van der Waals surface area contributed by atoms with Gasteiger partial charge in [0.2, 0.25) is 5.91 Å². The van der Waals surface area contributed by atoms with Crippen molar-refractivity contribution < 1.29 is 4.79 Å². The van der Waals surface area contributed by atoms with Crippen LogP contribution in [0.25, 0.3) is 0 Å². The fraction of sp³-hybridized carbons (Fsp3) is 0.727. The molecule has 3 fully saturated rings. The molecule has 27 heavy (non-hydrogen) atoms. The van der Waals surface area contributed by atoms with E-state index >= 15 is 0 Å². The van der Waals surface area contributed by atoms with E-state index in [2.05, 4.69) is 32.8 Å². The third-order valence-electron chi connectivity index (χ3n) is 6.92. The van der Waals surface area contributed by atoms with Gasteiger partial charge in [-0.2, -0.15) is 0 Å². The van der Waals surface area contributed by atoms with Gasteiger partial charge >= 0.3 is 0 Å². The molecular weight excluding hydrogens is 336 g/mol. The molecule has 1 aromatic heterocycles. The summed E-state index contributed by atoms with van der Waals surface area (Å²) in [7, 11) is 2.27. The van der Waals surface area contributed by atoms with Crippen molar-refractivity contribution in [2.24, 2.45) is 5.92 Å². The first-order valence-corrected chi connectivity index (χ1v) is 10.7. The molecule has 5 heteroatoms. The first-order valence-electron chi connectivity index (χ1n) is 10.7. The van der Waals surface area contributed by atoms with Crippen LogP contribution in [0.4, 0.5) is 0 Å². The van der Waals surface area contributed by atoms with E-state index in [4.69, 9.17) is 0 Å². The minimum Gasteiger partial charge on any atom is -0.342 e. The SMILES string of the molecule is CN1CCN(CCCc2cccnc2)C[C@@]12CCC(=O)N(CC1CC1)CC2. The second-order valence-corrected chi connectivity index (χ2v) is 8.92. The number of amides is 1. The molecule has 0 unspecified atom stereocenters. The number of rotatable bonds is 6. The monoisotopic (exact) mass is 370 g/mol. The van der Waals surface area contributed by atoms with E-state index in [1.165, 1.54) is 24.8 Å². The van der Waals surface area contributed by atoms with Crippen molar-refractivity contribution in [3.63, 3.8) is 0 Å². The second-order valence-electron chi connectivity index (χ2n) is 8.92. The summed E-state index contributed by atoms with van der Waals surface area (Å²) in [6, 6.07) is 4.19. The third kappa shape index (κ3) is 4.69. The lowest BCUT2D eigenvalue weighted by Crippen LogP contribution is -2.61. The van der Waals surface area contributed by atoms with Crippen molar-refractivity contribution >= 4 is 5.91 Å². The number of hydrogen-bond acceptors (Lipinski definition) is 4. The number of nitrogens with zero attached hydrogens (tertiary/aromatic N) is 4. The molecule has 1 saturated carbocycles. The Bertz CT molecular complexity index is 632. The summed E-state index contributed by atoms with van der Waals surface area (Å²) < 4.78 is 0. The maximum Gasteiger partial charge on any atom is 0.222 e. The van der Waals surface area contributed by atoms with Gasteiger partial charge in [0.15, 0.2) is 0 Å². The number of likely N-dealkylation sites (N-methyl/N-ethyl adjacent to an activating group) is 1. The summed E-state index contributed by atoms with van der Waals surface area (Å²) in [5.74, 6) is 1.18. The molecule has 1 atom stereocenters. The van der Waals surface area contributed by atoms with E-state index in [0.717, 1.165) is 70.9 Å². The van der Waals surface area contributed by atoms with Crippen molar-refractivity contribution in [3.8, 4) is 0 Å². The van der Waals surface area contributed by atoms with Crippen LogP contribution in [0.5, 0.6) is 0 Å². The summed E-state index contributed by atoms with van der Waals surface area (Å²) >= 11 is 0. The Morgan fingerprint density at radius 2 is 2.11 bits per heavy atom. The molecule has 5 nitrogen and oxygen atoms in total. The zero-order chi connectivity index (χ0) is 18.7. The predicted octanol–water partition coefficient (Wildman–Crippen LogP) is 2.42. The normalized spacial score (nSPS) is 27.9. The van der Waals surface area contributed by atoms with Crippen LogP contribution in [-0.2, 0) is 11.2 Å². The van der Waals surface area contributed by atoms with E-state index in [1.54, 1.807) is 0 Å². The Hall–Kier alpha value is -1.46. The van der Waals surface area contributed by atoms with E-state index in [1.807, 2.05) is 18.5 Å². The van der Waals surface area contributed by atoms with Crippen LogP contribution in [0.2, 0.25) is 0 Å². The van der Waals surface area contributed by atoms with Gasteiger partial charge in [-0.1, -0.05) is 6.07 Å². The van der Waals surface area contributed by atoms with Crippen LogP contribution in [-0.4, -0.2) is 77.4 Å². The highest BCUT2D eigenvalue weighted by atomic mass is 16.2. The van der Waals surface area contributed by atoms with Gasteiger partial charge in [-0.25, -0.2) is 0 Å². The van der Waals surface area contributed by atoms with Gasteiger partial charge in [0.1, 0.15) is 0 Å². The number of carbonyl (C=O) groups is 1. The molecule has 0 bridgehead atoms. The number of aromatic nitrogens is 1. The first-order chi connectivity index (χ1) is 13.1. The average Bonchev–Trinajstić information content (AvgIpc) is 3.51. The van der Waals surface area contributed by atoms with Crippen LogP contribution in [0.15, 0.2) is 24.5 Å². The lowest BCUT2D eigenvalue weighted by Gasteiger charge is -2.49. The van der Waals surface area contributed by atoms with Crippen molar-refractivity contribution in [1.82, 2.24) is 19.7 Å². The van der Waals surface area contributed by atoms with Crippen LogP contribution in [0, 0.1) is 5.92 Å². The summed E-state index contributed by atoms with van der Waals surface area (Å²) in [5, 5.41) is 0. The van der Waals surface area contributed by atoms with Crippen molar-refractivity contribution in [3.05, 3.63) is 30.1 Å². The summed E-state index contributed by atoms with van der Waals surface area (Å²) in [6.45, 7) is 6.47. The maximum absolute atomic E-state index is 12.6. The summed E-state index contributed by atoms with van der Waals surface area (Å²) in [6.07, 6.45) is 11.6. The highest BCUT2D eigenvalue weighted by molar-refractivity contribution is 5.76. The van der Waals surface area contributed by atoms with Crippen LogP contribution >= 0.6 is 0 Å². The average molecular weight is 371 g/mol. The molecule has 1 amide bonds. The number of carbonyl (C=O) groups excluding carboxylic acids is 1. The predicted molar refractivity (Wildman–Crippen MR) is 108 cm³/mol. The molecule has 1 aromatic rings. The smallest absolute Gasteiger partial charge is 0.222 e. The van der Waals surface area contributed by atoms with Gasteiger partial charge < -0.3 is 9.80 Å². The standard InChI is InChI=1S/C22H34N4O/c1-24-14-15-25(12-3-5-19-4-2-11-23-16-19)18-22(24)9-8-21(27)26(13-10-22)17-20-6-7-20/h2,4,11,16,20H,3,5-10,12-15,17-18H2,1H3/t22-/m0/s1. The maximum atomic E-state index is 12.6. The van der Waals surface area contributed by atoms with Gasteiger partial charge in [0.25, 0.3) is 0 Å². The second kappa shape index (κ2) is 8.27. The van der Waals surface area contributed by atoms with Gasteiger partial charge in [-0.05, 0) is 69.7 Å². The lowest BCUT2D eigenvalue weighted by atomic mass is 9.86. The Morgan fingerprint density at radius 3 is 2.89 bits per heavy atom. The summed E-state index contributed by atoms with van der Waals surface area (Å²) in [4.78, 5) is 24.2. The molecule has 1 aliphatic carbocycles. The quantitative estimate of drug-likeness (QED) is 0.771. The Morgan fingerprint density at radius 1 is 1.22 bits per heavy atom. The minimum atomic E-state index is 0.181. The number of hydrogen-bond donors (Lipinski definition) is 0. The number of pyridine rings is 1. The molecule has 3 heterocycles. The topological polar surface area (TPSA) is 39.7 Å². The molecule has 2 aliphatic heterocycles. The van der Waals surface area contributed by atoms with Crippen molar-refractivity contribution in [2.75, 3.05) is 46.3 Å². The zero-order valence-corrected chi connectivity index (χ0v) is 16.8. The molecule has 0 aromatic carbocycles. The molecule has 2 saturated heterocycles. The molecule has 3 aliphatic rings. The Balaban J connectivity index is 1.32. The van der Waals surface area contributed by atoms with Crippen LogP contribution in [0.1, 0.15) is 44.1 Å². The molecule has 148 valence electrons. The molecule has 4 rings (SSSR count). The molecular formula is C22H34N4O. The fourth-order valence-corrected chi connectivity index (χ4v) is 4.82. The lowest BCUT2D eigenvalue weighted by molar-refractivity contribution is -0.131. The summed E-state index contributed by atoms with van der Waals surface area (Å²) in [5.41, 5.74) is 1.51. The van der Waals surface area contributed by atoms with Gasteiger partial charge in [-0.3, -0.25) is 14.7 Å². The minimum absolute atomic E-state index is 0.181. The number of aryl methyl sites for hydroxylation is 1. The van der Waals surface area contributed by atoms with Crippen molar-refractivity contribution in [1.29, 1.82) is 0 Å². The third-order valence-corrected chi connectivity index (χ3v) is 6.92. The van der Waals surface area contributed by atoms with E-state index in [0.29, 0.717) is 5.91 Å². The largest absolute Gasteiger partial charge is 0.342 e. The highest BCUT2D eigenvalue weighted by Crippen LogP contribution is 2.35. The Labute approximate surface area is 163 Å². The van der Waals surface area contributed by atoms with Crippen LogP contribution in [0.3, 0.4) is 0 Å². The molecule has 0 N–H and O–H groups in total. The fourth-order valence-electron chi connectivity index (χ4n) is 4.82. The van der Waals surface area contributed by atoms with Crippen LogP contribution < -0.4 is 0 Å². The number of piperazine rings is 1. The van der Waals surface area contributed by atoms with E-state index in [9.17, 15) is 4.79 Å².